The summed E-state index contributed by atoms with van der Waals surface area (Å²) in [7, 11) is 0. The minimum absolute atomic E-state index is 0.106. The van der Waals surface area contributed by atoms with Crippen LogP contribution in [0.15, 0.2) is 24.3 Å². The summed E-state index contributed by atoms with van der Waals surface area (Å²) < 4.78 is 0. The average Bonchev–Trinajstić information content (AvgIpc) is 2.59. The standard InChI is InChI=1S/C15H19N3O5/c16-13(11-3-1-2-4-12(11)15(20)17-21)14(19)9-5-7-10(8-6-9)18(22)23/h5-8,11-13,21H,1-4,16H2,(H,17,20)/t11-,12-,13?/m1/s1. The van der Waals surface area contributed by atoms with Crippen molar-refractivity contribution < 1.29 is 19.7 Å². The summed E-state index contributed by atoms with van der Waals surface area (Å²) in [5, 5.41) is 19.5. The molecule has 8 heteroatoms. The Hall–Kier alpha value is -2.32. The van der Waals surface area contributed by atoms with Gasteiger partial charge in [0.25, 0.3) is 5.69 Å². The van der Waals surface area contributed by atoms with Gasteiger partial charge in [-0.05, 0) is 30.9 Å². The number of nitrogens with two attached hydrogens (primary N) is 1. The Labute approximate surface area is 132 Å². The lowest BCUT2D eigenvalue weighted by Crippen LogP contribution is -2.47. The molecule has 2 rings (SSSR count). The van der Waals surface area contributed by atoms with Gasteiger partial charge in [0.2, 0.25) is 5.91 Å². The largest absolute Gasteiger partial charge is 0.321 e. The number of amides is 1. The molecule has 8 nitrogen and oxygen atoms in total. The summed E-state index contributed by atoms with van der Waals surface area (Å²) >= 11 is 0. The molecule has 0 spiro atoms. The van der Waals surface area contributed by atoms with Crippen LogP contribution in [0.4, 0.5) is 5.69 Å². The Morgan fingerprint density at radius 3 is 2.43 bits per heavy atom. The van der Waals surface area contributed by atoms with E-state index in [1.54, 1.807) is 5.48 Å². The highest BCUT2D eigenvalue weighted by molar-refractivity contribution is 6.00. The van der Waals surface area contributed by atoms with Gasteiger partial charge in [-0.3, -0.25) is 24.9 Å². The van der Waals surface area contributed by atoms with E-state index < -0.39 is 22.8 Å². The molecule has 1 amide bonds. The zero-order valence-corrected chi connectivity index (χ0v) is 12.5. The van der Waals surface area contributed by atoms with Crippen molar-refractivity contribution in [3.8, 4) is 0 Å². The maximum Gasteiger partial charge on any atom is 0.269 e. The van der Waals surface area contributed by atoms with E-state index in [0.29, 0.717) is 12.8 Å². The molecule has 0 saturated heterocycles. The summed E-state index contributed by atoms with van der Waals surface area (Å²) in [6, 6.07) is 4.34. The highest BCUT2D eigenvalue weighted by Gasteiger charge is 2.37. The molecule has 4 N–H and O–H groups in total. The van der Waals surface area contributed by atoms with Crippen molar-refractivity contribution in [2.45, 2.75) is 31.7 Å². The van der Waals surface area contributed by atoms with Gasteiger partial charge < -0.3 is 5.73 Å². The van der Waals surface area contributed by atoms with Crippen LogP contribution >= 0.6 is 0 Å². The summed E-state index contributed by atoms with van der Waals surface area (Å²) in [6.45, 7) is 0. The normalized spacial score (nSPS) is 22.2. The number of non-ortho nitro benzene ring substituents is 1. The lowest BCUT2D eigenvalue weighted by atomic mass is 9.73. The van der Waals surface area contributed by atoms with Crippen LogP contribution in [0.1, 0.15) is 36.0 Å². The summed E-state index contributed by atoms with van der Waals surface area (Å²) in [5.41, 5.74) is 7.87. The molecule has 1 aromatic rings. The van der Waals surface area contributed by atoms with Gasteiger partial charge in [-0.25, -0.2) is 5.48 Å². The van der Waals surface area contributed by atoms with Crippen LogP contribution in [0.2, 0.25) is 0 Å². The number of nitro groups is 1. The second kappa shape index (κ2) is 7.30. The number of hydroxylamine groups is 1. The second-order valence-corrected chi connectivity index (χ2v) is 5.72. The third kappa shape index (κ3) is 3.72. The molecule has 0 radical (unpaired) electrons. The Bertz CT molecular complexity index is 602. The summed E-state index contributed by atoms with van der Waals surface area (Å²) in [6.07, 6.45) is 2.89. The minimum Gasteiger partial charge on any atom is -0.321 e. The number of benzene rings is 1. The molecular weight excluding hydrogens is 302 g/mol. The van der Waals surface area contributed by atoms with E-state index in [1.807, 2.05) is 0 Å². The predicted octanol–water partition coefficient (Wildman–Crippen LogP) is 1.42. The number of ketones is 1. The fraction of sp³-hybridized carbons (Fsp3) is 0.467. The van der Waals surface area contributed by atoms with Crippen LogP contribution in [0, 0.1) is 22.0 Å². The number of hydrogen-bond acceptors (Lipinski definition) is 6. The van der Waals surface area contributed by atoms with E-state index in [9.17, 15) is 19.7 Å². The molecule has 23 heavy (non-hydrogen) atoms. The summed E-state index contributed by atoms with van der Waals surface area (Å²) in [5.74, 6) is -1.76. The van der Waals surface area contributed by atoms with Crippen molar-refractivity contribution in [2.24, 2.45) is 17.6 Å². The van der Waals surface area contributed by atoms with Crippen LogP contribution < -0.4 is 11.2 Å². The fourth-order valence-electron chi connectivity index (χ4n) is 3.13. The van der Waals surface area contributed by atoms with Crippen molar-refractivity contribution in [1.29, 1.82) is 0 Å². The molecule has 1 aliphatic carbocycles. The van der Waals surface area contributed by atoms with Crippen LogP contribution in [-0.2, 0) is 4.79 Å². The Kier molecular flexibility index (Phi) is 5.41. The zero-order chi connectivity index (χ0) is 17.0. The van der Waals surface area contributed by atoms with Gasteiger partial charge in [-0.15, -0.1) is 0 Å². The first-order valence-electron chi connectivity index (χ1n) is 7.44. The molecule has 1 unspecified atom stereocenters. The minimum atomic E-state index is -0.890. The van der Waals surface area contributed by atoms with E-state index in [4.69, 9.17) is 10.9 Å². The number of nitrogens with zero attached hydrogens (tertiary/aromatic N) is 1. The number of nitrogens with one attached hydrogen (secondary N) is 1. The van der Waals surface area contributed by atoms with Crippen molar-refractivity contribution in [2.75, 3.05) is 0 Å². The molecule has 3 atom stereocenters. The predicted molar refractivity (Wildman–Crippen MR) is 80.8 cm³/mol. The van der Waals surface area contributed by atoms with Crippen LogP contribution in [0.5, 0.6) is 0 Å². The lowest BCUT2D eigenvalue weighted by molar-refractivity contribution is -0.384. The van der Waals surface area contributed by atoms with E-state index >= 15 is 0 Å². The SMILES string of the molecule is NC(C(=O)c1ccc([N+](=O)[O-])cc1)[C@@H]1CCCC[C@H]1C(=O)NO. The fourth-order valence-corrected chi connectivity index (χ4v) is 3.13. The first kappa shape index (κ1) is 17.0. The van der Waals surface area contributed by atoms with E-state index in [0.717, 1.165) is 12.8 Å². The van der Waals surface area contributed by atoms with Crippen LogP contribution in [-0.4, -0.2) is 27.9 Å². The number of carbonyl (C=O) groups is 2. The van der Waals surface area contributed by atoms with Crippen LogP contribution in [0.3, 0.4) is 0 Å². The first-order chi connectivity index (χ1) is 11.0. The van der Waals surface area contributed by atoms with E-state index in [1.165, 1.54) is 24.3 Å². The molecule has 0 bridgehead atoms. The van der Waals surface area contributed by atoms with Gasteiger partial charge in [0.15, 0.2) is 5.78 Å². The third-order valence-electron chi connectivity index (χ3n) is 4.39. The maximum absolute atomic E-state index is 12.5. The van der Waals surface area contributed by atoms with Crippen molar-refractivity contribution in [3.63, 3.8) is 0 Å². The molecule has 0 aromatic heterocycles. The number of nitro benzene ring substituents is 1. The highest BCUT2D eigenvalue weighted by Crippen LogP contribution is 2.33. The molecule has 1 aliphatic rings. The maximum atomic E-state index is 12.5. The van der Waals surface area contributed by atoms with Gasteiger partial charge in [0.05, 0.1) is 11.0 Å². The number of rotatable bonds is 5. The van der Waals surface area contributed by atoms with Crippen molar-refractivity contribution in [3.05, 3.63) is 39.9 Å². The number of carbonyl (C=O) groups excluding carboxylic acids is 2. The average molecular weight is 321 g/mol. The number of hydrogen-bond donors (Lipinski definition) is 3. The van der Waals surface area contributed by atoms with Gasteiger partial charge in [0, 0.05) is 23.6 Å². The van der Waals surface area contributed by atoms with Gasteiger partial charge in [0.1, 0.15) is 0 Å². The van der Waals surface area contributed by atoms with E-state index in [2.05, 4.69) is 0 Å². The smallest absolute Gasteiger partial charge is 0.269 e. The van der Waals surface area contributed by atoms with Crippen molar-refractivity contribution in [1.82, 2.24) is 5.48 Å². The third-order valence-corrected chi connectivity index (χ3v) is 4.39. The van der Waals surface area contributed by atoms with Crippen LogP contribution in [0.25, 0.3) is 0 Å². The second-order valence-electron chi connectivity index (χ2n) is 5.72. The Morgan fingerprint density at radius 1 is 1.26 bits per heavy atom. The quantitative estimate of drug-likeness (QED) is 0.325. The molecule has 1 aromatic carbocycles. The topological polar surface area (TPSA) is 136 Å². The molecule has 1 fully saturated rings. The Morgan fingerprint density at radius 2 is 1.87 bits per heavy atom. The zero-order valence-electron chi connectivity index (χ0n) is 12.5. The van der Waals surface area contributed by atoms with E-state index in [-0.39, 0.29) is 23.0 Å². The molecule has 124 valence electrons. The van der Waals surface area contributed by atoms with Gasteiger partial charge in [-0.2, -0.15) is 0 Å². The Balaban J connectivity index is 2.16. The van der Waals surface area contributed by atoms with Gasteiger partial charge >= 0.3 is 0 Å². The summed E-state index contributed by atoms with van der Waals surface area (Å²) in [4.78, 5) is 34.3. The highest BCUT2D eigenvalue weighted by atomic mass is 16.6. The number of Topliss-reactive ketones (excluding diaryl/α,β-unsaturated/α-hetero) is 1. The lowest BCUT2D eigenvalue weighted by Gasteiger charge is -2.33. The molecule has 1 saturated carbocycles. The molecular formula is C15H19N3O5. The molecule has 0 aliphatic heterocycles. The van der Waals surface area contributed by atoms with Crippen molar-refractivity contribution >= 4 is 17.4 Å². The van der Waals surface area contributed by atoms with Gasteiger partial charge in [-0.1, -0.05) is 12.8 Å². The molecule has 0 heterocycles. The monoisotopic (exact) mass is 321 g/mol. The first-order valence-corrected chi connectivity index (χ1v) is 7.44.